The van der Waals surface area contributed by atoms with E-state index in [2.05, 4.69) is 52.7 Å². The molecule has 0 aliphatic heterocycles. The van der Waals surface area contributed by atoms with Gasteiger partial charge in [0.25, 0.3) is 0 Å². The van der Waals surface area contributed by atoms with Crippen molar-refractivity contribution in [3.63, 3.8) is 0 Å². The maximum atomic E-state index is 5.53. The van der Waals surface area contributed by atoms with Crippen LogP contribution in [0.4, 0.5) is 0 Å². The lowest BCUT2D eigenvalue weighted by molar-refractivity contribution is 0.293. The van der Waals surface area contributed by atoms with Crippen molar-refractivity contribution in [3.8, 4) is 11.8 Å². The lowest BCUT2D eigenvalue weighted by Crippen LogP contribution is -2.00. The second-order valence-electron chi connectivity index (χ2n) is 5.25. The van der Waals surface area contributed by atoms with Crippen LogP contribution in [0.3, 0.4) is 0 Å². The first-order valence-corrected chi connectivity index (χ1v) is 8.08. The highest BCUT2D eigenvalue weighted by Crippen LogP contribution is 2.10. The first-order chi connectivity index (χ1) is 11.4. The van der Waals surface area contributed by atoms with Crippen molar-refractivity contribution in [2.24, 2.45) is 0 Å². The van der Waals surface area contributed by atoms with E-state index in [0.717, 1.165) is 25.7 Å². The molecule has 0 amide bonds. The maximum absolute atomic E-state index is 5.53. The summed E-state index contributed by atoms with van der Waals surface area (Å²) < 4.78 is 10.5. The maximum Gasteiger partial charge on any atom is 0.233 e. The van der Waals surface area contributed by atoms with E-state index in [9.17, 15) is 0 Å². The average molecular weight is 312 g/mol. The fraction of sp³-hybridized carbons (Fsp3) is 0.368. The van der Waals surface area contributed by atoms with Gasteiger partial charge in [0.1, 0.15) is 0 Å². The van der Waals surface area contributed by atoms with Crippen LogP contribution in [0.2, 0.25) is 0 Å². The molecule has 0 atom stereocenters. The van der Waals surface area contributed by atoms with Gasteiger partial charge in [0.05, 0.1) is 13.7 Å². The van der Waals surface area contributed by atoms with Crippen molar-refractivity contribution in [1.29, 1.82) is 0 Å². The number of ether oxygens (including phenoxy) is 2. The summed E-state index contributed by atoms with van der Waals surface area (Å²) in [6, 6.07) is 14.1. The molecule has 4 nitrogen and oxygen atoms in total. The minimum atomic E-state index is 0.496. The van der Waals surface area contributed by atoms with Gasteiger partial charge in [-0.05, 0) is 37.7 Å². The summed E-state index contributed by atoms with van der Waals surface area (Å²) in [4.78, 5) is 0. The Labute approximate surface area is 138 Å². The minimum absolute atomic E-state index is 0.496. The van der Waals surface area contributed by atoms with Gasteiger partial charge in [0.2, 0.25) is 11.8 Å². The van der Waals surface area contributed by atoms with Crippen LogP contribution < -0.4 is 9.47 Å². The highest BCUT2D eigenvalue weighted by Gasteiger charge is 1.97. The molecule has 0 bridgehead atoms. The highest BCUT2D eigenvalue weighted by atomic mass is 16.5. The molecular weight excluding hydrogens is 288 g/mol. The van der Waals surface area contributed by atoms with Gasteiger partial charge in [-0.1, -0.05) is 42.5 Å². The molecule has 0 unspecified atom stereocenters. The fourth-order valence-corrected chi connectivity index (χ4v) is 2.18. The SMILES string of the molecule is COc1ccc(OCCC/C=C\CCCc2ccccc2)nn1. The molecule has 122 valence electrons. The summed E-state index contributed by atoms with van der Waals surface area (Å²) in [5, 5.41) is 7.78. The number of methoxy groups -OCH3 is 1. The molecule has 1 aromatic heterocycles. The van der Waals surface area contributed by atoms with E-state index in [1.807, 2.05) is 0 Å². The number of nitrogens with zero attached hydrogens (tertiary/aromatic N) is 2. The summed E-state index contributed by atoms with van der Waals surface area (Å²) in [5.74, 6) is 1.04. The molecule has 0 spiro atoms. The van der Waals surface area contributed by atoms with Crippen molar-refractivity contribution in [2.75, 3.05) is 13.7 Å². The third-order valence-electron chi connectivity index (χ3n) is 3.44. The summed E-state index contributed by atoms with van der Waals surface area (Å²) in [6.07, 6.45) is 9.95. The van der Waals surface area contributed by atoms with Gasteiger partial charge in [0.15, 0.2) is 0 Å². The Hall–Kier alpha value is -2.36. The Morgan fingerprint density at radius 2 is 1.57 bits per heavy atom. The van der Waals surface area contributed by atoms with Gasteiger partial charge in [0, 0.05) is 12.1 Å². The Morgan fingerprint density at radius 1 is 0.870 bits per heavy atom. The van der Waals surface area contributed by atoms with Gasteiger partial charge in [-0.3, -0.25) is 0 Å². The molecule has 0 saturated carbocycles. The molecule has 4 heteroatoms. The Bertz CT molecular complexity index is 568. The third-order valence-corrected chi connectivity index (χ3v) is 3.44. The monoisotopic (exact) mass is 312 g/mol. The predicted molar refractivity (Wildman–Crippen MR) is 91.8 cm³/mol. The third kappa shape index (κ3) is 6.96. The van der Waals surface area contributed by atoms with Gasteiger partial charge < -0.3 is 9.47 Å². The van der Waals surface area contributed by atoms with Crippen molar-refractivity contribution < 1.29 is 9.47 Å². The summed E-state index contributed by atoms with van der Waals surface area (Å²) in [6.45, 7) is 0.648. The lowest BCUT2D eigenvalue weighted by atomic mass is 10.1. The van der Waals surface area contributed by atoms with Gasteiger partial charge >= 0.3 is 0 Å². The van der Waals surface area contributed by atoms with Crippen LogP contribution >= 0.6 is 0 Å². The highest BCUT2D eigenvalue weighted by molar-refractivity contribution is 5.15. The van der Waals surface area contributed by atoms with E-state index in [-0.39, 0.29) is 0 Å². The molecule has 0 aliphatic carbocycles. The van der Waals surface area contributed by atoms with Crippen molar-refractivity contribution in [3.05, 3.63) is 60.2 Å². The fourth-order valence-electron chi connectivity index (χ4n) is 2.18. The minimum Gasteiger partial charge on any atom is -0.480 e. The standard InChI is InChI=1S/C19H24N2O2/c1-22-18-14-15-19(21-20-18)23-16-10-5-3-2-4-7-11-17-12-8-6-9-13-17/h2-3,6,8-9,12-15H,4-5,7,10-11,16H2,1H3/b3-2-. The van der Waals surface area contributed by atoms with Gasteiger partial charge in [-0.25, -0.2) is 0 Å². The number of hydrogen-bond donors (Lipinski definition) is 0. The molecule has 23 heavy (non-hydrogen) atoms. The van der Waals surface area contributed by atoms with E-state index in [4.69, 9.17) is 9.47 Å². The Kier molecular flexibility index (Phi) is 7.67. The number of unbranched alkanes of at least 4 members (excludes halogenated alkanes) is 2. The normalized spacial score (nSPS) is 10.8. The van der Waals surface area contributed by atoms with Crippen molar-refractivity contribution in [1.82, 2.24) is 10.2 Å². The lowest BCUT2D eigenvalue weighted by Gasteiger charge is -2.03. The van der Waals surface area contributed by atoms with Crippen LogP contribution in [-0.2, 0) is 6.42 Å². The van der Waals surface area contributed by atoms with Crippen molar-refractivity contribution >= 4 is 0 Å². The number of aromatic nitrogens is 2. The van der Waals surface area contributed by atoms with Crippen LogP contribution in [0.1, 0.15) is 31.2 Å². The number of aryl methyl sites for hydroxylation is 1. The van der Waals surface area contributed by atoms with Gasteiger partial charge in [-0.2, -0.15) is 0 Å². The predicted octanol–water partition coefficient (Wildman–Crippen LogP) is 4.22. The first kappa shape index (κ1) is 17.0. The summed E-state index contributed by atoms with van der Waals surface area (Å²) in [7, 11) is 1.57. The second kappa shape index (κ2) is 10.4. The van der Waals surface area contributed by atoms with Crippen LogP contribution in [-0.4, -0.2) is 23.9 Å². The van der Waals surface area contributed by atoms with E-state index < -0.39 is 0 Å². The zero-order chi connectivity index (χ0) is 16.2. The molecule has 0 radical (unpaired) electrons. The summed E-state index contributed by atoms with van der Waals surface area (Å²) >= 11 is 0. The zero-order valence-corrected chi connectivity index (χ0v) is 13.6. The van der Waals surface area contributed by atoms with E-state index in [1.165, 1.54) is 12.0 Å². The van der Waals surface area contributed by atoms with E-state index >= 15 is 0 Å². The van der Waals surface area contributed by atoms with Crippen LogP contribution in [0.15, 0.2) is 54.6 Å². The largest absolute Gasteiger partial charge is 0.480 e. The molecule has 1 heterocycles. The molecule has 0 fully saturated rings. The smallest absolute Gasteiger partial charge is 0.233 e. The van der Waals surface area contributed by atoms with E-state index in [0.29, 0.717) is 18.4 Å². The van der Waals surface area contributed by atoms with E-state index in [1.54, 1.807) is 19.2 Å². The van der Waals surface area contributed by atoms with Crippen LogP contribution in [0.5, 0.6) is 11.8 Å². The number of allylic oxidation sites excluding steroid dienone is 2. The van der Waals surface area contributed by atoms with Crippen LogP contribution in [0, 0.1) is 0 Å². The van der Waals surface area contributed by atoms with Crippen LogP contribution in [0.25, 0.3) is 0 Å². The Morgan fingerprint density at radius 3 is 2.26 bits per heavy atom. The topological polar surface area (TPSA) is 44.2 Å². The number of rotatable bonds is 10. The second-order valence-corrected chi connectivity index (χ2v) is 5.25. The average Bonchev–Trinajstić information content (AvgIpc) is 2.61. The summed E-state index contributed by atoms with van der Waals surface area (Å²) in [5.41, 5.74) is 1.41. The number of benzene rings is 1. The first-order valence-electron chi connectivity index (χ1n) is 8.08. The molecule has 2 rings (SSSR count). The molecule has 0 N–H and O–H groups in total. The molecule has 0 aliphatic rings. The molecule has 1 aromatic carbocycles. The van der Waals surface area contributed by atoms with Crippen molar-refractivity contribution in [2.45, 2.75) is 32.1 Å². The van der Waals surface area contributed by atoms with Gasteiger partial charge in [-0.15, -0.1) is 10.2 Å². The Balaban J connectivity index is 1.49. The zero-order valence-electron chi connectivity index (χ0n) is 13.6. The number of hydrogen-bond acceptors (Lipinski definition) is 4. The molecule has 2 aromatic rings. The molecule has 0 saturated heterocycles. The quantitative estimate of drug-likeness (QED) is 0.486. The molecular formula is C19H24N2O2.